The molecule has 0 aromatic heterocycles. The number of amides is 5. The van der Waals surface area contributed by atoms with Crippen LogP contribution in [-0.2, 0) is 41.6 Å². The van der Waals surface area contributed by atoms with Gasteiger partial charge in [0.1, 0.15) is 23.9 Å². The number of hydrogen-bond acceptors (Lipinski definition) is 7. The van der Waals surface area contributed by atoms with Crippen LogP contribution in [0.5, 0.6) is 5.75 Å². The lowest BCUT2D eigenvalue weighted by molar-refractivity contribution is -0.137. The van der Waals surface area contributed by atoms with Gasteiger partial charge >= 0.3 is 5.97 Å². The van der Waals surface area contributed by atoms with Crippen LogP contribution in [0.3, 0.4) is 0 Å². The molecule has 1 fully saturated rings. The van der Waals surface area contributed by atoms with Crippen molar-refractivity contribution in [2.45, 2.75) is 102 Å². The van der Waals surface area contributed by atoms with Crippen LogP contribution in [0.25, 0.3) is 10.8 Å². The fourth-order valence-electron chi connectivity index (χ4n) is 6.39. The minimum absolute atomic E-state index is 0.0194. The predicted octanol–water partition coefficient (Wildman–Crippen LogP) is 3.02. The number of carbonyl (C=O) groups is 6. The molecule has 4 atom stereocenters. The third-order valence-corrected chi connectivity index (χ3v) is 9.10. The van der Waals surface area contributed by atoms with Crippen molar-refractivity contribution in [2.75, 3.05) is 6.54 Å². The van der Waals surface area contributed by atoms with Crippen molar-refractivity contribution in [3.8, 4) is 5.75 Å². The molecule has 5 amide bonds. The summed E-state index contributed by atoms with van der Waals surface area (Å²) in [6, 6.07) is 16.0. The van der Waals surface area contributed by atoms with Gasteiger partial charge in [-0.3, -0.25) is 28.8 Å². The topological polar surface area (TPSA) is 203 Å². The number of benzene rings is 3. The highest BCUT2D eigenvalue weighted by Crippen LogP contribution is 2.21. The van der Waals surface area contributed by atoms with Gasteiger partial charge < -0.3 is 36.8 Å². The molecule has 3 aromatic carbocycles. The number of phenolic OH excluding ortho intramolecular Hbond substituents is 1. The first-order valence-electron chi connectivity index (χ1n) is 17.9. The molecule has 1 aliphatic heterocycles. The summed E-state index contributed by atoms with van der Waals surface area (Å²) >= 11 is 0. The van der Waals surface area contributed by atoms with Crippen LogP contribution in [-0.4, -0.2) is 76.4 Å². The lowest BCUT2D eigenvalue weighted by Crippen LogP contribution is -2.56. The molecule has 0 spiro atoms. The van der Waals surface area contributed by atoms with Gasteiger partial charge in [0, 0.05) is 38.8 Å². The number of nitrogens with one attached hydrogen (secondary N) is 5. The van der Waals surface area contributed by atoms with Gasteiger partial charge in [0.05, 0.1) is 0 Å². The van der Waals surface area contributed by atoms with E-state index in [1.54, 1.807) is 12.1 Å². The van der Waals surface area contributed by atoms with Crippen molar-refractivity contribution in [3.63, 3.8) is 0 Å². The number of rotatable bonds is 15. The van der Waals surface area contributed by atoms with Gasteiger partial charge in [-0.25, -0.2) is 0 Å². The van der Waals surface area contributed by atoms with Crippen LogP contribution in [0, 0.1) is 0 Å². The van der Waals surface area contributed by atoms with Gasteiger partial charge in [0.2, 0.25) is 29.5 Å². The second kappa shape index (κ2) is 19.8. The zero-order valence-electron chi connectivity index (χ0n) is 29.5. The smallest absolute Gasteiger partial charge is 0.303 e. The molecule has 1 aliphatic rings. The van der Waals surface area contributed by atoms with E-state index in [0.29, 0.717) is 38.6 Å². The number of aliphatic carboxylic acids is 1. The number of unbranched alkanes of at least 4 members (excludes halogenated alkanes) is 3. The molecule has 3 aromatic rings. The van der Waals surface area contributed by atoms with E-state index in [1.165, 1.54) is 19.1 Å². The highest BCUT2D eigenvalue weighted by atomic mass is 16.4. The summed E-state index contributed by atoms with van der Waals surface area (Å²) in [5.41, 5.74) is 1.58. The van der Waals surface area contributed by atoms with Gasteiger partial charge in [-0.2, -0.15) is 0 Å². The molecule has 0 bridgehead atoms. The van der Waals surface area contributed by atoms with Gasteiger partial charge in [0.25, 0.3) is 0 Å². The van der Waals surface area contributed by atoms with Crippen molar-refractivity contribution in [1.29, 1.82) is 0 Å². The van der Waals surface area contributed by atoms with Gasteiger partial charge in [-0.15, -0.1) is 0 Å². The highest BCUT2D eigenvalue weighted by molar-refractivity contribution is 5.95. The van der Waals surface area contributed by atoms with Gasteiger partial charge in [0.15, 0.2) is 0 Å². The summed E-state index contributed by atoms with van der Waals surface area (Å²) in [6.45, 7) is 1.81. The van der Waals surface area contributed by atoms with Gasteiger partial charge in [-0.1, -0.05) is 67.4 Å². The van der Waals surface area contributed by atoms with E-state index in [4.69, 9.17) is 5.11 Å². The van der Waals surface area contributed by atoms with Crippen molar-refractivity contribution < 1.29 is 39.0 Å². The second-order valence-electron chi connectivity index (χ2n) is 13.3. The van der Waals surface area contributed by atoms with Crippen LogP contribution in [0.15, 0.2) is 66.7 Å². The third-order valence-electron chi connectivity index (χ3n) is 9.10. The minimum Gasteiger partial charge on any atom is -0.508 e. The van der Waals surface area contributed by atoms with Crippen LogP contribution >= 0.6 is 0 Å². The fourth-order valence-corrected chi connectivity index (χ4v) is 6.39. The highest BCUT2D eigenvalue weighted by Gasteiger charge is 2.32. The molecule has 0 saturated carbocycles. The standard InChI is InChI=1S/C39H49N5O8/c1-25(45)40-21-8-7-15-32-37(50)43-33(14-3-2-4-16-36(48)49)38(51)44-34(23-28-12-9-11-27-10-5-6-13-31(27)28)39(52)41-29(24-35(47)42-32)22-26-17-19-30(46)20-18-26/h5-6,9-13,17-20,29,32-34,46H,2-4,7-8,14-16,21-24H2,1H3,(H,40,45)(H,41,52)(H,42,47)(H,43,50)(H,44,51)(H,48,49)/t29-,32-,33-,34-/m0/s1. The SMILES string of the molecule is CC(=O)NCCCC[C@@H]1NC(=O)C[C@H](Cc2ccc(O)cc2)NC(=O)[C@H](Cc2cccc3ccccc23)NC(=O)[C@H](CCCCCC(=O)O)NC1=O. The number of hydrogen-bond donors (Lipinski definition) is 7. The van der Waals surface area contributed by atoms with E-state index < -0.39 is 53.8 Å². The molecule has 13 heteroatoms. The average Bonchev–Trinajstić information content (AvgIpc) is 3.10. The Kier molecular flexibility index (Phi) is 15.0. The Morgan fingerprint density at radius 3 is 2.06 bits per heavy atom. The molecule has 13 nitrogen and oxygen atoms in total. The van der Waals surface area contributed by atoms with Crippen molar-refractivity contribution in [1.82, 2.24) is 26.6 Å². The monoisotopic (exact) mass is 715 g/mol. The fraction of sp³-hybridized carbons (Fsp3) is 0.436. The maximum atomic E-state index is 14.1. The quantitative estimate of drug-likeness (QED) is 0.116. The average molecular weight is 716 g/mol. The molecule has 4 rings (SSSR count). The number of phenols is 1. The maximum Gasteiger partial charge on any atom is 0.303 e. The van der Waals surface area contributed by atoms with E-state index in [-0.39, 0.29) is 50.2 Å². The molecule has 7 N–H and O–H groups in total. The first kappa shape index (κ1) is 39.3. The number of carbonyl (C=O) groups excluding carboxylic acids is 5. The van der Waals surface area contributed by atoms with Crippen molar-refractivity contribution >= 4 is 46.3 Å². The molecule has 52 heavy (non-hydrogen) atoms. The molecule has 0 aliphatic carbocycles. The Morgan fingerprint density at radius 2 is 1.35 bits per heavy atom. The first-order valence-corrected chi connectivity index (χ1v) is 17.9. The molecular weight excluding hydrogens is 666 g/mol. The van der Waals surface area contributed by atoms with Crippen LogP contribution in [0.2, 0.25) is 0 Å². The van der Waals surface area contributed by atoms with Crippen LogP contribution in [0.1, 0.15) is 75.8 Å². The summed E-state index contributed by atoms with van der Waals surface area (Å²) < 4.78 is 0. The largest absolute Gasteiger partial charge is 0.508 e. The predicted molar refractivity (Wildman–Crippen MR) is 195 cm³/mol. The maximum absolute atomic E-state index is 14.1. The van der Waals surface area contributed by atoms with Crippen LogP contribution in [0.4, 0.5) is 0 Å². The summed E-state index contributed by atoms with van der Waals surface area (Å²) in [5.74, 6) is -3.13. The van der Waals surface area contributed by atoms with E-state index in [0.717, 1.165) is 21.9 Å². The lowest BCUT2D eigenvalue weighted by atomic mass is 9.97. The summed E-state index contributed by atoms with van der Waals surface area (Å²) in [7, 11) is 0. The molecule has 0 radical (unpaired) electrons. The zero-order valence-corrected chi connectivity index (χ0v) is 29.5. The Bertz CT molecular complexity index is 1710. The Labute approximate surface area is 303 Å². The van der Waals surface area contributed by atoms with Crippen LogP contribution < -0.4 is 26.6 Å². The minimum atomic E-state index is -1.07. The first-order chi connectivity index (χ1) is 25.0. The zero-order chi connectivity index (χ0) is 37.5. The number of carboxylic acid groups (broad SMARTS) is 1. The summed E-state index contributed by atoms with van der Waals surface area (Å²) in [5, 5.41) is 35.0. The summed E-state index contributed by atoms with van der Waals surface area (Å²) in [4.78, 5) is 77.9. The van der Waals surface area contributed by atoms with Crippen molar-refractivity contribution in [3.05, 3.63) is 77.9 Å². The third kappa shape index (κ3) is 12.7. The number of aromatic hydroxyl groups is 1. The van der Waals surface area contributed by atoms with E-state index in [2.05, 4.69) is 26.6 Å². The van der Waals surface area contributed by atoms with Gasteiger partial charge in [-0.05, 0) is 72.6 Å². The Balaban J connectivity index is 1.65. The molecular formula is C39H49N5O8. The molecule has 1 saturated heterocycles. The molecule has 0 unspecified atom stereocenters. The lowest BCUT2D eigenvalue weighted by Gasteiger charge is -2.26. The molecule has 1 heterocycles. The molecule has 278 valence electrons. The Hall–Kier alpha value is -5.46. The van der Waals surface area contributed by atoms with E-state index >= 15 is 0 Å². The number of fused-ring (bicyclic) bond motifs is 1. The Morgan fingerprint density at radius 1 is 0.712 bits per heavy atom. The summed E-state index contributed by atoms with van der Waals surface area (Å²) in [6.07, 6.45) is 3.01. The van der Waals surface area contributed by atoms with E-state index in [9.17, 15) is 33.9 Å². The van der Waals surface area contributed by atoms with Crippen molar-refractivity contribution in [2.24, 2.45) is 0 Å². The van der Waals surface area contributed by atoms with E-state index in [1.807, 2.05) is 42.5 Å². The normalized spacial score (nSPS) is 19.9. The second-order valence-corrected chi connectivity index (χ2v) is 13.3. The number of carboxylic acids is 1.